The molecule has 0 spiro atoms. The maximum atomic E-state index is 13.7. The van der Waals surface area contributed by atoms with Crippen molar-refractivity contribution in [3.05, 3.63) is 30.3 Å². The topological polar surface area (TPSA) is 74.6 Å². The van der Waals surface area contributed by atoms with Crippen LogP contribution in [-0.4, -0.2) is 36.1 Å². The molecule has 4 saturated carbocycles. The van der Waals surface area contributed by atoms with Gasteiger partial charge in [-0.3, -0.25) is 0 Å². The van der Waals surface area contributed by atoms with Crippen LogP contribution in [0.3, 0.4) is 0 Å². The number of fused-ring (bicyclic) bond motifs is 5. The molecule has 4 fully saturated rings. The van der Waals surface area contributed by atoms with Crippen LogP contribution in [0.2, 0.25) is 0 Å². The lowest BCUT2D eigenvalue weighted by molar-refractivity contribution is -0.127. The van der Waals surface area contributed by atoms with E-state index in [2.05, 4.69) is 13.8 Å². The Kier molecular flexibility index (Phi) is 8.15. The highest BCUT2D eigenvalue weighted by atomic mass is 32.2. The molecule has 10 unspecified atom stereocenters. The number of aliphatic hydroxyl groups is 2. The normalized spacial score (nSPS) is 40.7. The molecule has 0 radical (unpaired) electrons. The maximum absolute atomic E-state index is 13.7. The summed E-state index contributed by atoms with van der Waals surface area (Å²) in [5, 5.41) is 20.5. The number of rotatable bonds is 8. The average molecular weight is 545 g/mol. The lowest BCUT2D eigenvalue weighted by Gasteiger charge is -2.61. The first-order chi connectivity index (χ1) is 18.0. The van der Waals surface area contributed by atoms with Crippen LogP contribution in [0.5, 0.6) is 0 Å². The third-order valence-electron chi connectivity index (χ3n) is 12.5. The zero-order valence-corrected chi connectivity index (χ0v) is 25.0. The predicted molar refractivity (Wildman–Crippen MR) is 153 cm³/mol. The van der Waals surface area contributed by atoms with Gasteiger partial charge in [-0.05, 0) is 136 Å². The highest BCUT2D eigenvalue weighted by Gasteiger charge is 2.60. The smallest absolute Gasteiger partial charge is 0.181 e. The van der Waals surface area contributed by atoms with Crippen molar-refractivity contribution in [3.63, 3.8) is 0 Å². The maximum Gasteiger partial charge on any atom is 0.181 e. The van der Waals surface area contributed by atoms with Crippen LogP contribution in [0.15, 0.2) is 35.2 Å². The Hall–Kier alpha value is -0.910. The number of sulfone groups is 1. The molecule has 0 heterocycles. The molecule has 214 valence electrons. The molecule has 0 aliphatic heterocycles. The molecule has 0 saturated heterocycles. The van der Waals surface area contributed by atoms with Crippen LogP contribution in [0, 0.1) is 46.3 Å². The van der Waals surface area contributed by atoms with Crippen LogP contribution in [-0.2, 0) is 9.84 Å². The summed E-state index contributed by atoms with van der Waals surface area (Å²) in [6.45, 7) is 9.03. The Morgan fingerprint density at radius 1 is 0.921 bits per heavy atom. The van der Waals surface area contributed by atoms with E-state index in [1.807, 2.05) is 19.9 Å². The molecule has 0 amide bonds. The third-order valence-corrected chi connectivity index (χ3v) is 14.7. The summed E-state index contributed by atoms with van der Waals surface area (Å²) in [4.78, 5) is 0.388. The molecule has 5 heteroatoms. The third kappa shape index (κ3) is 5.02. The summed E-state index contributed by atoms with van der Waals surface area (Å²) >= 11 is 0. The summed E-state index contributed by atoms with van der Waals surface area (Å²) in [6.07, 6.45) is 12.0. The van der Waals surface area contributed by atoms with Gasteiger partial charge in [0.15, 0.2) is 9.84 Å². The van der Waals surface area contributed by atoms with Crippen molar-refractivity contribution in [2.45, 2.75) is 127 Å². The fourth-order valence-electron chi connectivity index (χ4n) is 9.95. The lowest BCUT2D eigenvalue weighted by Crippen LogP contribution is -2.53. The second-order valence-electron chi connectivity index (χ2n) is 14.5. The molecular weight excluding hydrogens is 492 g/mol. The molecule has 0 aromatic heterocycles. The largest absolute Gasteiger partial charge is 0.393 e. The minimum Gasteiger partial charge on any atom is -0.393 e. The van der Waals surface area contributed by atoms with Crippen molar-refractivity contribution in [1.82, 2.24) is 0 Å². The van der Waals surface area contributed by atoms with Gasteiger partial charge in [0.1, 0.15) is 0 Å². The van der Waals surface area contributed by atoms with E-state index in [4.69, 9.17) is 0 Å². The van der Waals surface area contributed by atoms with Gasteiger partial charge in [0.2, 0.25) is 0 Å². The van der Waals surface area contributed by atoms with E-state index in [1.165, 1.54) is 44.9 Å². The van der Waals surface area contributed by atoms with E-state index < -0.39 is 21.2 Å². The van der Waals surface area contributed by atoms with Gasteiger partial charge in [0.25, 0.3) is 0 Å². The summed E-state index contributed by atoms with van der Waals surface area (Å²) < 4.78 is 27.4. The number of hydrogen-bond donors (Lipinski definition) is 2. The van der Waals surface area contributed by atoms with Crippen molar-refractivity contribution in [1.29, 1.82) is 0 Å². The van der Waals surface area contributed by atoms with E-state index in [-0.39, 0.29) is 12.0 Å². The van der Waals surface area contributed by atoms with Crippen molar-refractivity contribution < 1.29 is 18.6 Å². The number of aliphatic hydroxyl groups excluding tert-OH is 2. The van der Waals surface area contributed by atoms with Gasteiger partial charge in [-0.2, -0.15) is 0 Å². The molecule has 0 bridgehead atoms. The zero-order chi connectivity index (χ0) is 27.3. The zero-order valence-electron chi connectivity index (χ0n) is 24.2. The van der Waals surface area contributed by atoms with Crippen molar-refractivity contribution in [2.24, 2.45) is 46.3 Å². The Bertz CT molecular complexity index is 1050. The van der Waals surface area contributed by atoms with E-state index in [0.29, 0.717) is 40.4 Å². The molecule has 4 aliphatic carbocycles. The van der Waals surface area contributed by atoms with Crippen LogP contribution >= 0.6 is 0 Å². The fourth-order valence-corrected chi connectivity index (χ4v) is 11.8. The van der Waals surface area contributed by atoms with Crippen LogP contribution < -0.4 is 0 Å². The number of benzene rings is 1. The fraction of sp³-hybridized carbons (Fsp3) is 0.818. The van der Waals surface area contributed by atoms with Crippen molar-refractivity contribution >= 4 is 9.84 Å². The molecule has 1 aromatic rings. The second kappa shape index (κ2) is 10.8. The SMILES string of the molecule is CC(C)C(O)CC(CCC1CCC2C3CCC4CC(O)CCC4(C)C3CCC12C)S(=O)(=O)c1ccccc1. The van der Waals surface area contributed by atoms with Crippen LogP contribution in [0.4, 0.5) is 0 Å². The van der Waals surface area contributed by atoms with Crippen molar-refractivity contribution in [3.8, 4) is 0 Å². The first-order valence-electron chi connectivity index (χ1n) is 15.6. The molecule has 2 N–H and O–H groups in total. The van der Waals surface area contributed by atoms with E-state index in [1.54, 1.807) is 24.3 Å². The van der Waals surface area contributed by atoms with E-state index in [0.717, 1.165) is 37.0 Å². The van der Waals surface area contributed by atoms with Gasteiger partial charge in [-0.15, -0.1) is 0 Å². The summed E-state index contributed by atoms with van der Waals surface area (Å²) in [6, 6.07) is 8.87. The Labute approximate surface area is 231 Å². The van der Waals surface area contributed by atoms with Crippen molar-refractivity contribution in [2.75, 3.05) is 0 Å². The van der Waals surface area contributed by atoms with Gasteiger partial charge < -0.3 is 10.2 Å². The number of hydrogen-bond acceptors (Lipinski definition) is 4. The lowest BCUT2D eigenvalue weighted by atomic mass is 9.44. The minimum atomic E-state index is -3.50. The monoisotopic (exact) mass is 544 g/mol. The molecule has 5 rings (SSSR count). The minimum absolute atomic E-state index is 0.0459. The van der Waals surface area contributed by atoms with Gasteiger partial charge >= 0.3 is 0 Å². The van der Waals surface area contributed by atoms with Gasteiger partial charge in [-0.25, -0.2) is 8.42 Å². The highest BCUT2D eigenvalue weighted by molar-refractivity contribution is 7.92. The molecular formula is C33H52O4S. The Morgan fingerprint density at radius 2 is 1.61 bits per heavy atom. The summed E-state index contributed by atoms with van der Waals surface area (Å²) in [7, 11) is -3.50. The standard InChI is InChI=1S/C33H52O4S/c1-22(2)31(35)21-27(38(36,37)26-8-6-5-7-9-26)13-10-23-12-15-29-28-14-11-24-20-25(34)16-18-33(24,4)30(28)17-19-32(23,29)3/h5-9,22-25,27-31,34-35H,10-21H2,1-4H3. The van der Waals surface area contributed by atoms with Gasteiger partial charge in [0.05, 0.1) is 22.4 Å². The summed E-state index contributed by atoms with van der Waals surface area (Å²) in [5.74, 6) is 3.63. The predicted octanol–water partition coefficient (Wildman–Crippen LogP) is 7.04. The second-order valence-corrected chi connectivity index (χ2v) is 16.7. The van der Waals surface area contributed by atoms with Crippen LogP contribution in [0.25, 0.3) is 0 Å². The first kappa shape index (κ1) is 28.6. The van der Waals surface area contributed by atoms with Crippen LogP contribution in [0.1, 0.15) is 105 Å². The average Bonchev–Trinajstić information content (AvgIpc) is 3.23. The van der Waals surface area contributed by atoms with E-state index >= 15 is 0 Å². The van der Waals surface area contributed by atoms with Gasteiger partial charge in [-0.1, -0.05) is 45.9 Å². The quantitative estimate of drug-likeness (QED) is 0.368. The molecule has 1 aromatic carbocycles. The summed E-state index contributed by atoms with van der Waals surface area (Å²) in [5.41, 5.74) is 0.694. The molecule has 4 aliphatic rings. The van der Waals surface area contributed by atoms with E-state index in [9.17, 15) is 18.6 Å². The van der Waals surface area contributed by atoms with Gasteiger partial charge in [0, 0.05) is 0 Å². The molecule has 10 atom stereocenters. The Morgan fingerprint density at radius 3 is 2.32 bits per heavy atom. The molecule has 4 nitrogen and oxygen atoms in total. The highest BCUT2D eigenvalue weighted by Crippen LogP contribution is 2.68. The first-order valence-corrected chi connectivity index (χ1v) is 17.2. The molecule has 38 heavy (non-hydrogen) atoms. The Balaban J connectivity index is 1.31.